The minimum atomic E-state index is -0.462. The fourth-order valence-electron chi connectivity index (χ4n) is 2.70. The summed E-state index contributed by atoms with van der Waals surface area (Å²) in [6.45, 7) is 6.40. The molecule has 2 bridgehead atoms. The van der Waals surface area contributed by atoms with Crippen molar-refractivity contribution in [1.82, 2.24) is 5.32 Å². The summed E-state index contributed by atoms with van der Waals surface area (Å²) in [7, 11) is 0. The van der Waals surface area contributed by atoms with Crippen molar-refractivity contribution in [2.45, 2.75) is 57.7 Å². The Hall–Kier alpha value is -0.0800. The second-order valence-corrected chi connectivity index (χ2v) is 5.37. The van der Waals surface area contributed by atoms with Crippen LogP contribution in [0.1, 0.15) is 40.0 Å². The van der Waals surface area contributed by atoms with Crippen molar-refractivity contribution >= 4 is 0 Å². The number of fused-ring (bicyclic) bond motifs is 2. The zero-order chi connectivity index (χ0) is 8.98. The van der Waals surface area contributed by atoms with Crippen molar-refractivity contribution in [3.8, 4) is 0 Å². The van der Waals surface area contributed by atoms with Crippen LogP contribution >= 0.6 is 0 Å². The van der Waals surface area contributed by atoms with Gasteiger partial charge in [0.1, 0.15) is 0 Å². The zero-order valence-corrected chi connectivity index (χ0v) is 8.22. The van der Waals surface area contributed by atoms with Gasteiger partial charge in [-0.1, -0.05) is 20.8 Å². The predicted molar refractivity (Wildman–Crippen MR) is 49.0 cm³/mol. The number of hydrogen-bond donors (Lipinski definition) is 2. The number of aliphatic hydroxyl groups is 1. The molecule has 12 heavy (non-hydrogen) atoms. The van der Waals surface area contributed by atoms with E-state index in [0.29, 0.717) is 12.1 Å². The van der Waals surface area contributed by atoms with Crippen LogP contribution in [0.15, 0.2) is 0 Å². The van der Waals surface area contributed by atoms with Crippen molar-refractivity contribution < 1.29 is 5.11 Å². The summed E-state index contributed by atoms with van der Waals surface area (Å²) in [4.78, 5) is 0. The van der Waals surface area contributed by atoms with Crippen LogP contribution in [0.2, 0.25) is 0 Å². The molecule has 0 aromatic heterocycles. The van der Waals surface area contributed by atoms with E-state index < -0.39 is 5.60 Å². The second-order valence-electron chi connectivity index (χ2n) is 5.37. The topological polar surface area (TPSA) is 32.3 Å². The van der Waals surface area contributed by atoms with E-state index in [0.717, 1.165) is 12.8 Å². The maximum atomic E-state index is 10.5. The van der Waals surface area contributed by atoms with Crippen LogP contribution in [0.3, 0.4) is 0 Å². The molecule has 0 amide bonds. The molecule has 2 rings (SSSR count). The SMILES string of the molecule is CC(C)(C)C1(O)CC2CCC1N2. The van der Waals surface area contributed by atoms with E-state index in [9.17, 15) is 5.11 Å². The highest BCUT2D eigenvalue weighted by molar-refractivity contribution is 5.12. The van der Waals surface area contributed by atoms with Crippen LogP contribution in [0.5, 0.6) is 0 Å². The van der Waals surface area contributed by atoms with Crippen LogP contribution in [-0.2, 0) is 0 Å². The van der Waals surface area contributed by atoms with Crippen molar-refractivity contribution in [2.24, 2.45) is 5.41 Å². The van der Waals surface area contributed by atoms with Gasteiger partial charge in [-0.2, -0.15) is 0 Å². The molecule has 2 aliphatic rings. The average molecular weight is 169 g/mol. The summed E-state index contributed by atoms with van der Waals surface area (Å²) in [6, 6.07) is 0.932. The smallest absolute Gasteiger partial charge is 0.0862 e. The van der Waals surface area contributed by atoms with Gasteiger partial charge in [-0.25, -0.2) is 0 Å². The number of rotatable bonds is 0. The quantitative estimate of drug-likeness (QED) is 0.572. The van der Waals surface area contributed by atoms with Gasteiger partial charge in [0.25, 0.3) is 0 Å². The molecule has 2 heterocycles. The fraction of sp³-hybridized carbons (Fsp3) is 1.00. The van der Waals surface area contributed by atoms with E-state index in [-0.39, 0.29) is 5.41 Å². The highest BCUT2D eigenvalue weighted by atomic mass is 16.3. The van der Waals surface area contributed by atoms with Crippen molar-refractivity contribution in [2.75, 3.05) is 0 Å². The van der Waals surface area contributed by atoms with E-state index in [1.165, 1.54) is 6.42 Å². The van der Waals surface area contributed by atoms with E-state index >= 15 is 0 Å². The molecular formula is C10H19NO. The first-order valence-electron chi connectivity index (χ1n) is 4.92. The van der Waals surface area contributed by atoms with Gasteiger partial charge in [0.2, 0.25) is 0 Å². The van der Waals surface area contributed by atoms with Gasteiger partial charge in [-0.15, -0.1) is 0 Å². The van der Waals surface area contributed by atoms with Crippen LogP contribution in [0, 0.1) is 5.41 Å². The molecule has 70 valence electrons. The second kappa shape index (κ2) is 2.24. The molecule has 2 N–H and O–H groups in total. The summed E-state index contributed by atoms with van der Waals surface area (Å²) in [6.07, 6.45) is 3.35. The fourth-order valence-corrected chi connectivity index (χ4v) is 2.70. The highest BCUT2D eigenvalue weighted by Crippen LogP contribution is 2.46. The van der Waals surface area contributed by atoms with Gasteiger partial charge >= 0.3 is 0 Å². The monoisotopic (exact) mass is 169 g/mol. The molecule has 0 aromatic carbocycles. The van der Waals surface area contributed by atoms with E-state index in [1.807, 2.05) is 0 Å². The maximum Gasteiger partial charge on any atom is 0.0862 e. The number of hydrogen-bond acceptors (Lipinski definition) is 2. The lowest BCUT2D eigenvalue weighted by molar-refractivity contribution is -0.0752. The third kappa shape index (κ3) is 0.944. The van der Waals surface area contributed by atoms with Crippen molar-refractivity contribution in [3.05, 3.63) is 0 Å². The number of nitrogens with one attached hydrogen (secondary N) is 1. The van der Waals surface area contributed by atoms with E-state index in [2.05, 4.69) is 26.1 Å². The molecule has 0 spiro atoms. The molecule has 2 nitrogen and oxygen atoms in total. The molecule has 2 saturated heterocycles. The molecular weight excluding hydrogens is 150 g/mol. The normalized spacial score (nSPS) is 47.0. The summed E-state index contributed by atoms with van der Waals surface area (Å²) in [5.41, 5.74) is -0.449. The minimum Gasteiger partial charge on any atom is -0.388 e. The van der Waals surface area contributed by atoms with Crippen LogP contribution < -0.4 is 5.32 Å². The molecule has 0 aliphatic carbocycles. The Bertz CT molecular complexity index is 197. The molecule has 3 unspecified atom stereocenters. The minimum absolute atomic E-state index is 0.0137. The summed E-state index contributed by atoms with van der Waals surface area (Å²) < 4.78 is 0. The largest absolute Gasteiger partial charge is 0.388 e. The Kier molecular flexibility index (Phi) is 1.59. The van der Waals surface area contributed by atoms with E-state index in [4.69, 9.17) is 0 Å². The lowest BCUT2D eigenvalue weighted by Gasteiger charge is -2.42. The van der Waals surface area contributed by atoms with Crippen LogP contribution in [-0.4, -0.2) is 22.8 Å². The summed E-state index contributed by atoms with van der Waals surface area (Å²) >= 11 is 0. The van der Waals surface area contributed by atoms with Gasteiger partial charge in [0.05, 0.1) is 5.60 Å². The highest BCUT2D eigenvalue weighted by Gasteiger charge is 2.55. The Balaban J connectivity index is 2.23. The molecule has 0 saturated carbocycles. The maximum absolute atomic E-state index is 10.5. The lowest BCUT2D eigenvalue weighted by atomic mass is 9.68. The lowest BCUT2D eigenvalue weighted by Crippen LogP contribution is -2.51. The Morgan fingerprint density at radius 1 is 1.33 bits per heavy atom. The Labute approximate surface area is 74.4 Å². The Morgan fingerprint density at radius 2 is 2.00 bits per heavy atom. The standard InChI is InChI=1S/C10H19NO/c1-9(2,3)10(12)6-7-4-5-8(10)11-7/h7-8,11-12H,4-6H2,1-3H3. The predicted octanol–water partition coefficient (Wildman–Crippen LogP) is 1.29. The molecule has 0 aromatic rings. The molecule has 2 heteroatoms. The van der Waals surface area contributed by atoms with Gasteiger partial charge in [-0.05, 0) is 24.7 Å². The molecule has 0 radical (unpaired) electrons. The van der Waals surface area contributed by atoms with Gasteiger partial charge < -0.3 is 10.4 Å². The summed E-state index contributed by atoms with van der Waals surface area (Å²) in [5, 5.41) is 13.9. The molecule has 2 aliphatic heterocycles. The van der Waals surface area contributed by atoms with Gasteiger partial charge in [0.15, 0.2) is 0 Å². The molecule has 2 fully saturated rings. The molecule has 3 atom stereocenters. The first-order chi connectivity index (χ1) is 5.43. The van der Waals surface area contributed by atoms with Crippen molar-refractivity contribution in [1.29, 1.82) is 0 Å². The van der Waals surface area contributed by atoms with Crippen LogP contribution in [0.25, 0.3) is 0 Å². The zero-order valence-electron chi connectivity index (χ0n) is 8.22. The van der Waals surface area contributed by atoms with Crippen molar-refractivity contribution in [3.63, 3.8) is 0 Å². The first-order valence-corrected chi connectivity index (χ1v) is 4.92. The van der Waals surface area contributed by atoms with Gasteiger partial charge in [-0.3, -0.25) is 0 Å². The third-order valence-corrected chi connectivity index (χ3v) is 3.67. The first kappa shape index (κ1) is 8.52. The van der Waals surface area contributed by atoms with Gasteiger partial charge in [0, 0.05) is 12.1 Å². The summed E-state index contributed by atoms with van der Waals surface area (Å²) in [5.74, 6) is 0. The third-order valence-electron chi connectivity index (χ3n) is 3.67. The van der Waals surface area contributed by atoms with Crippen LogP contribution in [0.4, 0.5) is 0 Å². The average Bonchev–Trinajstić information content (AvgIpc) is 2.43. The van der Waals surface area contributed by atoms with E-state index in [1.54, 1.807) is 0 Å². The Morgan fingerprint density at radius 3 is 2.25 bits per heavy atom.